The molecule has 0 bridgehead atoms. The zero-order chi connectivity index (χ0) is 31.3. The van der Waals surface area contributed by atoms with Gasteiger partial charge in [-0.2, -0.15) is 0 Å². The van der Waals surface area contributed by atoms with Crippen LogP contribution < -0.4 is 20.3 Å². The van der Waals surface area contributed by atoms with E-state index < -0.39 is 6.04 Å². The molecule has 2 unspecified atom stereocenters. The Bertz CT molecular complexity index is 1610. The summed E-state index contributed by atoms with van der Waals surface area (Å²) >= 11 is 0. The molecule has 1 aliphatic rings. The van der Waals surface area contributed by atoms with Gasteiger partial charge in [-0.15, -0.1) is 5.48 Å². The summed E-state index contributed by atoms with van der Waals surface area (Å²) in [4.78, 5) is 28.1. The number of pyridine rings is 1. The first-order chi connectivity index (χ1) is 21.1. The number of fused-ring (bicyclic) bond motifs is 1. The first kappa shape index (κ1) is 31.0. The van der Waals surface area contributed by atoms with Crippen molar-refractivity contribution in [1.29, 1.82) is 0 Å². The Hall–Kier alpha value is -4.43. The largest absolute Gasteiger partial charge is 0.493 e. The maximum absolute atomic E-state index is 13.5. The highest BCUT2D eigenvalue weighted by Gasteiger charge is 2.27. The van der Waals surface area contributed by atoms with Crippen LogP contribution in [-0.2, 0) is 16.7 Å². The lowest BCUT2D eigenvalue weighted by Crippen LogP contribution is -2.43. The summed E-state index contributed by atoms with van der Waals surface area (Å²) < 4.78 is 12.0. The fraction of sp³-hybridized carbons (Fsp3) is 0.361. The lowest BCUT2D eigenvalue weighted by Gasteiger charge is -2.19. The molecule has 1 aliphatic heterocycles. The summed E-state index contributed by atoms with van der Waals surface area (Å²) in [5, 5.41) is 4.84. The van der Waals surface area contributed by atoms with Crippen molar-refractivity contribution in [3.05, 3.63) is 95.8 Å². The van der Waals surface area contributed by atoms with Gasteiger partial charge in [-0.05, 0) is 83.3 Å². The standard InChI is InChI=1S/C36H42N4O4/c1-7-23(2)22-42-29-13-8-25(9-14-29)18-33(35-38-24(3)40-44-35)39-34(41)32-20-27-19-31(15-10-26(27)21-37-32)43-30-16-11-28(12-17-30)36(4,5)6/h8-17,19-21,23-24,33,40H,7,18,22H2,1-6H3,(H,39,41)/t23?,24?,33-/m0/s1. The van der Waals surface area contributed by atoms with Crippen molar-refractivity contribution in [3.8, 4) is 17.2 Å². The molecule has 1 amide bonds. The summed E-state index contributed by atoms with van der Waals surface area (Å²) in [5.74, 6) is 2.86. The molecule has 0 saturated carbocycles. The van der Waals surface area contributed by atoms with Gasteiger partial charge in [0.15, 0.2) is 0 Å². The van der Waals surface area contributed by atoms with E-state index in [9.17, 15) is 4.79 Å². The van der Waals surface area contributed by atoms with Gasteiger partial charge in [-0.25, -0.2) is 4.99 Å². The first-order valence-electron chi connectivity index (χ1n) is 15.3. The number of ether oxygens (including phenoxy) is 2. The number of aromatic nitrogens is 1. The zero-order valence-corrected chi connectivity index (χ0v) is 26.4. The number of nitrogens with zero attached hydrogens (tertiary/aromatic N) is 2. The number of rotatable bonds is 11. The molecular weight excluding hydrogens is 552 g/mol. The van der Waals surface area contributed by atoms with Crippen molar-refractivity contribution in [2.45, 2.75) is 72.0 Å². The summed E-state index contributed by atoms with van der Waals surface area (Å²) in [7, 11) is 0. The maximum atomic E-state index is 13.5. The van der Waals surface area contributed by atoms with Crippen molar-refractivity contribution < 1.29 is 19.1 Å². The number of carbonyl (C=O) groups excluding carboxylic acids is 1. The number of benzene rings is 3. The third-order valence-corrected chi connectivity index (χ3v) is 7.73. The van der Waals surface area contributed by atoms with Crippen molar-refractivity contribution in [1.82, 2.24) is 15.8 Å². The Kier molecular flexibility index (Phi) is 9.49. The Morgan fingerprint density at radius 2 is 1.68 bits per heavy atom. The molecule has 0 radical (unpaired) electrons. The maximum Gasteiger partial charge on any atom is 0.270 e. The van der Waals surface area contributed by atoms with E-state index in [0.717, 1.165) is 34.3 Å². The van der Waals surface area contributed by atoms with Gasteiger partial charge in [0.05, 0.1) is 6.61 Å². The number of hydrogen-bond donors (Lipinski definition) is 2. The molecule has 3 atom stereocenters. The third kappa shape index (κ3) is 7.94. The van der Waals surface area contributed by atoms with Crippen LogP contribution in [0.4, 0.5) is 0 Å². The number of amides is 1. The predicted molar refractivity (Wildman–Crippen MR) is 174 cm³/mol. The molecule has 0 fully saturated rings. The van der Waals surface area contributed by atoms with Crippen LogP contribution >= 0.6 is 0 Å². The molecule has 3 aromatic carbocycles. The van der Waals surface area contributed by atoms with E-state index in [1.807, 2.05) is 61.5 Å². The van der Waals surface area contributed by atoms with Crippen LogP contribution in [-0.4, -0.2) is 35.6 Å². The van der Waals surface area contributed by atoms with Crippen LogP contribution in [0.3, 0.4) is 0 Å². The summed E-state index contributed by atoms with van der Waals surface area (Å²) in [5.41, 5.74) is 5.47. The van der Waals surface area contributed by atoms with Gasteiger partial charge >= 0.3 is 0 Å². The van der Waals surface area contributed by atoms with Gasteiger partial charge in [0.1, 0.15) is 35.2 Å². The van der Waals surface area contributed by atoms with E-state index in [1.54, 1.807) is 12.3 Å². The molecule has 2 heterocycles. The molecule has 4 aromatic rings. The highest BCUT2D eigenvalue weighted by atomic mass is 16.7. The highest BCUT2D eigenvalue weighted by molar-refractivity contribution is 5.99. The molecule has 5 rings (SSSR count). The lowest BCUT2D eigenvalue weighted by atomic mass is 9.87. The van der Waals surface area contributed by atoms with Crippen LogP contribution in [0.2, 0.25) is 0 Å². The first-order valence-corrected chi connectivity index (χ1v) is 15.3. The molecule has 0 saturated heterocycles. The van der Waals surface area contributed by atoms with Gasteiger partial charge in [-0.1, -0.05) is 65.3 Å². The molecule has 0 spiro atoms. The second kappa shape index (κ2) is 13.5. The van der Waals surface area contributed by atoms with Crippen LogP contribution in [0.25, 0.3) is 10.8 Å². The second-order valence-electron chi connectivity index (χ2n) is 12.5. The molecule has 8 heteroatoms. The minimum Gasteiger partial charge on any atom is -0.493 e. The minimum absolute atomic E-state index is 0.0715. The Morgan fingerprint density at radius 1 is 0.977 bits per heavy atom. The van der Waals surface area contributed by atoms with Crippen LogP contribution in [0, 0.1) is 5.92 Å². The fourth-order valence-corrected chi connectivity index (χ4v) is 4.76. The molecule has 230 valence electrons. The Morgan fingerprint density at radius 3 is 2.34 bits per heavy atom. The normalized spacial score (nSPS) is 16.1. The Labute approximate surface area is 259 Å². The van der Waals surface area contributed by atoms with E-state index in [4.69, 9.17) is 14.3 Å². The zero-order valence-electron chi connectivity index (χ0n) is 26.4. The number of aliphatic imine (C=N–C) groups is 1. The van der Waals surface area contributed by atoms with Gasteiger partial charge < -0.3 is 19.6 Å². The summed E-state index contributed by atoms with van der Waals surface area (Å²) in [6, 6.07) is 23.1. The van der Waals surface area contributed by atoms with E-state index in [2.05, 4.69) is 67.5 Å². The molecule has 8 nitrogen and oxygen atoms in total. The lowest BCUT2D eigenvalue weighted by molar-refractivity contribution is 0.0933. The van der Waals surface area contributed by atoms with E-state index >= 15 is 0 Å². The van der Waals surface area contributed by atoms with E-state index in [1.165, 1.54) is 5.56 Å². The van der Waals surface area contributed by atoms with Gasteiger partial charge in [-0.3, -0.25) is 9.78 Å². The highest BCUT2D eigenvalue weighted by Crippen LogP contribution is 2.29. The van der Waals surface area contributed by atoms with Crippen molar-refractivity contribution in [2.24, 2.45) is 10.9 Å². The predicted octanol–water partition coefficient (Wildman–Crippen LogP) is 7.37. The average molecular weight is 595 g/mol. The number of hydrogen-bond acceptors (Lipinski definition) is 7. The third-order valence-electron chi connectivity index (χ3n) is 7.73. The number of hydroxylamine groups is 1. The monoisotopic (exact) mass is 594 g/mol. The van der Waals surface area contributed by atoms with Crippen molar-refractivity contribution >= 4 is 22.6 Å². The molecule has 44 heavy (non-hydrogen) atoms. The molecule has 2 N–H and O–H groups in total. The van der Waals surface area contributed by atoms with Crippen LogP contribution in [0.15, 0.2) is 84.0 Å². The second-order valence-corrected chi connectivity index (χ2v) is 12.5. The van der Waals surface area contributed by atoms with Gasteiger partial charge in [0.2, 0.25) is 5.90 Å². The quantitative estimate of drug-likeness (QED) is 0.188. The number of carbonyl (C=O) groups is 1. The van der Waals surface area contributed by atoms with Gasteiger partial charge in [0.25, 0.3) is 5.91 Å². The SMILES string of the molecule is CCC(C)COc1ccc(C[C@H](NC(=O)c2cc3cc(Oc4ccc(C(C)(C)C)cc4)ccc3cn2)C2=NC(C)NO2)cc1. The smallest absolute Gasteiger partial charge is 0.270 e. The van der Waals surface area contributed by atoms with E-state index in [-0.39, 0.29) is 17.5 Å². The van der Waals surface area contributed by atoms with Crippen LogP contribution in [0.1, 0.15) is 69.6 Å². The van der Waals surface area contributed by atoms with Crippen molar-refractivity contribution in [3.63, 3.8) is 0 Å². The topological polar surface area (TPSA) is 94.1 Å². The summed E-state index contributed by atoms with van der Waals surface area (Å²) in [6.07, 6.45) is 3.06. The minimum atomic E-state index is -0.491. The molecule has 0 aliphatic carbocycles. The number of nitrogens with one attached hydrogen (secondary N) is 2. The van der Waals surface area contributed by atoms with Gasteiger partial charge in [0, 0.05) is 18.0 Å². The van der Waals surface area contributed by atoms with E-state index in [0.29, 0.717) is 36.3 Å². The van der Waals surface area contributed by atoms with Crippen molar-refractivity contribution in [2.75, 3.05) is 6.61 Å². The Balaban J connectivity index is 1.30. The summed E-state index contributed by atoms with van der Waals surface area (Å²) in [6.45, 7) is 13.4. The van der Waals surface area contributed by atoms with Crippen LogP contribution in [0.5, 0.6) is 17.2 Å². The fourth-order valence-electron chi connectivity index (χ4n) is 4.76. The molecule has 1 aromatic heterocycles. The average Bonchev–Trinajstić information content (AvgIpc) is 3.45. The molecular formula is C36H42N4O4.